The van der Waals surface area contributed by atoms with Crippen LogP contribution in [0.25, 0.3) is 0 Å². The van der Waals surface area contributed by atoms with Gasteiger partial charge in [-0.15, -0.1) is 0 Å². The maximum absolute atomic E-state index is 12.5. The number of fused-ring (bicyclic) bond motifs is 1. The fourth-order valence-electron chi connectivity index (χ4n) is 3.64. The minimum atomic E-state index is -0.748. The summed E-state index contributed by atoms with van der Waals surface area (Å²) < 4.78 is 0. The number of nitrogens with one attached hydrogen (secondary N) is 1. The van der Waals surface area contributed by atoms with Crippen molar-refractivity contribution in [1.82, 2.24) is 10.2 Å². The van der Waals surface area contributed by atoms with E-state index in [2.05, 4.69) is 30.4 Å². The summed E-state index contributed by atoms with van der Waals surface area (Å²) in [6.45, 7) is 3.12. The van der Waals surface area contributed by atoms with Crippen molar-refractivity contribution in [3.05, 3.63) is 34.9 Å². The molecule has 2 N–H and O–H groups in total. The van der Waals surface area contributed by atoms with E-state index in [9.17, 15) is 9.59 Å². The summed E-state index contributed by atoms with van der Waals surface area (Å²) in [4.78, 5) is 25.3. The molecular formula is C18H24N2O3. The van der Waals surface area contributed by atoms with E-state index in [4.69, 9.17) is 5.11 Å². The van der Waals surface area contributed by atoms with Crippen LogP contribution in [-0.4, -0.2) is 35.1 Å². The first kappa shape index (κ1) is 15.8. The van der Waals surface area contributed by atoms with Crippen LogP contribution in [-0.2, 0) is 11.2 Å². The fourth-order valence-corrected chi connectivity index (χ4v) is 3.64. The number of piperidine rings is 1. The van der Waals surface area contributed by atoms with Gasteiger partial charge < -0.3 is 15.3 Å². The van der Waals surface area contributed by atoms with Crippen molar-refractivity contribution in [3.8, 4) is 0 Å². The number of carboxylic acids is 1. The van der Waals surface area contributed by atoms with Crippen LogP contribution in [0.5, 0.6) is 0 Å². The molecule has 2 amide bonds. The van der Waals surface area contributed by atoms with Crippen LogP contribution in [0.3, 0.4) is 0 Å². The van der Waals surface area contributed by atoms with Gasteiger partial charge in [-0.25, -0.2) is 4.79 Å². The van der Waals surface area contributed by atoms with Crippen LogP contribution < -0.4 is 5.32 Å². The van der Waals surface area contributed by atoms with E-state index >= 15 is 0 Å². The standard InChI is InChI=1S/C18H24N2O3/c1-12-5-6-13-3-2-4-16(15(13)11-12)19-18(23)20-9-7-14(8-10-20)17(21)22/h5-6,11,14,16H,2-4,7-10H2,1H3,(H,19,23)(H,21,22)/t16-/m0/s1. The third kappa shape index (κ3) is 3.49. The average molecular weight is 316 g/mol. The van der Waals surface area contributed by atoms with E-state index in [1.165, 1.54) is 16.7 Å². The Kier molecular flexibility index (Phi) is 4.55. The molecule has 1 aliphatic heterocycles. The highest BCUT2D eigenvalue weighted by Gasteiger charge is 2.29. The third-order valence-corrected chi connectivity index (χ3v) is 5.04. The van der Waals surface area contributed by atoms with Crippen LogP contribution in [0.15, 0.2) is 18.2 Å². The van der Waals surface area contributed by atoms with Gasteiger partial charge in [-0.2, -0.15) is 0 Å². The second-order valence-corrected chi connectivity index (χ2v) is 6.70. The third-order valence-electron chi connectivity index (χ3n) is 5.04. The van der Waals surface area contributed by atoms with E-state index in [0.717, 1.165) is 19.3 Å². The van der Waals surface area contributed by atoms with Gasteiger partial charge in [-0.1, -0.05) is 23.8 Å². The maximum Gasteiger partial charge on any atom is 0.317 e. The van der Waals surface area contributed by atoms with Crippen molar-refractivity contribution in [2.45, 2.75) is 45.1 Å². The van der Waals surface area contributed by atoms with Crippen molar-refractivity contribution in [1.29, 1.82) is 0 Å². The average Bonchev–Trinajstić information content (AvgIpc) is 2.55. The molecule has 0 aromatic heterocycles. The van der Waals surface area contributed by atoms with E-state index < -0.39 is 5.97 Å². The molecule has 1 atom stereocenters. The molecule has 1 aromatic carbocycles. The minimum absolute atomic E-state index is 0.0619. The number of hydrogen-bond donors (Lipinski definition) is 2. The number of likely N-dealkylation sites (tertiary alicyclic amines) is 1. The van der Waals surface area contributed by atoms with Gasteiger partial charge in [0.15, 0.2) is 0 Å². The number of aliphatic carboxylic acids is 1. The Morgan fingerprint density at radius 2 is 1.96 bits per heavy atom. The highest BCUT2D eigenvalue weighted by Crippen LogP contribution is 2.30. The smallest absolute Gasteiger partial charge is 0.317 e. The Hall–Kier alpha value is -2.04. The number of urea groups is 1. The van der Waals surface area contributed by atoms with E-state index in [-0.39, 0.29) is 18.0 Å². The second kappa shape index (κ2) is 6.60. The lowest BCUT2D eigenvalue weighted by atomic mass is 9.86. The molecule has 1 saturated heterocycles. The van der Waals surface area contributed by atoms with Crippen LogP contribution in [0.1, 0.15) is 48.4 Å². The molecule has 1 fully saturated rings. The Morgan fingerprint density at radius 1 is 1.22 bits per heavy atom. The SMILES string of the molecule is Cc1ccc2c(c1)[C@@H](NC(=O)N1CCC(C(=O)O)CC1)CCC2. The van der Waals surface area contributed by atoms with Gasteiger partial charge in [0, 0.05) is 13.1 Å². The zero-order valence-electron chi connectivity index (χ0n) is 13.5. The molecule has 1 heterocycles. The highest BCUT2D eigenvalue weighted by atomic mass is 16.4. The lowest BCUT2D eigenvalue weighted by Gasteiger charge is -2.33. The van der Waals surface area contributed by atoms with Gasteiger partial charge in [0.1, 0.15) is 0 Å². The minimum Gasteiger partial charge on any atom is -0.481 e. The maximum atomic E-state index is 12.5. The molecule has 0 unspecified atom stereocenters. The molecule has 3 rings (SSSR count). The summed E-state index contributed by atoms with van der Waals surface area (Å²) >= 11 is 0. The van der Waals surface area contributed by atoms with Gasteiger partial charge in [0.2, 0.25) is 0 Å². The zero-order valence-corrected chi connectivity index (χ0v) is 13.5. The summed E-state index contributed by atoms with van der Waals surface area (Å²) in [7, 11) is 0. The number of nitrogens with zero attached hydrogens (tertiary/aromatic N) is 1. The summed E-state index contributed by atoms with van der Waals surface area (Å²) in [5.41, 5.74) is 3.79. The number of hydrogen-bond acceptors (Lipinski definition) is 2. The highest BCUT2D eigenvalue weighted by molar-refractivity contribution is 5.76. The van der Waals surface area contributed by atoms with Gasteiger partial charge in [0.25, 0.3) is 0 Å². The largest absolute Gasteiger partial charge is 0.481 e. The zero-order chi connectivity index (χ0) is 16.4. The van der Waals surface area contributed by atoms with Crippen LogP contribution in [0, 0.1) is 12.8 Å². The van der Waals surface area contributed by atoms with E-state index in [0.29, 0.717) is 25.9 Å². The normalized spacial score (nSPS) is 21.6. The Labute approximate surface area is 136 Å². The van der Waals surface area contributed by atoms with Gasteiger partial charge in [0.05, 0.1) is 12.0 Å². The molecule has 1 aliphatic carbocycles. The molecule has 5 heteroatoms. The van der Waals surface area contributed by atoms with Crippen LogP contribution >= 0.6 is 0 Å². The predicted octanol–water partition coefficient (Wildman–Crippen LogP) is 2.88. The molecule has 23 heavy (non-hydrogen) atoms. The van der Waals surface area contributed by atoms with Gasteiger partial charge >= 0.3 is 12.0 Å². The topological polar surface area (TPSA) is 69.6 Å². The number of amides is 2. The Morgan fingerprint density at radius 3 is 2.65 bits per heavy atom. The molecule has 0 bridgehead atoms. The first-order valence-corrected chi connectivity index (χ1v) is 8.42. The summed E-state index contributed by atoms with van der Waals surface area (Å²) in [6, 6.07) is 6.48. The van der Waals surface area contributed by atoms with Gasteiger partial charge in [-0.3, -0.25) is 4.79 Å². The first-order chi connectivity index (χ1) is 11.0. The van der Waals surface area contributed by atoms with Crippen LogP contribution in [0.4, 0.5) is 4.79 Å². The number of carbonyl (C=O) groups is 2. The molecule has 0 radical (unpaired) electrons. The van der Waals surface area contributed by atoms with Crippen molar-refractivity contribution in [3.63, 3.8) is 0 Å². The van der Waals surface area contributed by atoms with Crippen molar-refractivity contribution >= 4 is 12.0 Å². The summed E-state index contributed by atoms with van der Waals surface area (Å²) in [5.74, 6) is -1.06. The molecule has 124 valence electrons. The first-order valence-electron chi connectivity index (χ1n) is 8.42. The molecule has 5 nitrogen and oxygen atoms in total. The van der Waals surface area contributed by atoms with Crippen molar-refractivity contribution < 1.29 is 14.7 Å². The number of benzene rings is 1. The van der Waals surface area contributed by atoms with E-state index in [1.54, 1.807) is 4.90 Å². The number of carbonyl (C=O) groups excluding carboxylic acids is 1. The molecule has 2 aliphatic rings. The fraction of sp³-hybridized carbons (Fsp3) is 0.556. The Bertz CT molecular complexity index is 606. The second-order valence-electron chi connectivity index (χ2n) is 6.70. The molecule has 0 spiro atoms. The quantitative estimate of drug-likeness (QED) is 0.881. The molecular weight excluding hydrogens is 292 g/mol. The predicted molar refractivity (Wildman–Crippen MR) is 87.3 cm³/mol. The van der Waals surface area contributed by atoms with Crippen molar-refractivity contribution in [2.24, 2.45) is 5.92 Å². The molecule has 0 saturated carbocycles. The number of carboxylic acid groups (broad SMARTS) is 1. The van der Waals surface area contributed by atoms with E-state index in [1.807, 2.05) is 0 Å². The Balaban J connectivity index is 1.63. The van der Waals surface area contributed by atoms with Crippen LogP contribution in [0.2, 0.25) is 0 Å². The van der Waals surface area contributed by atoms with Gasteiger partial charge in [-0.05, 0) is 50.2 Å². The van der Waals surface area contributed by atoms with Crippen molar-refractivity contribution in [2.75, 3.05) is 13.1 Å². The molecule has 1 aromatic rings. The monoisotopic (exact) mass is 316 g/mol. The summed E-state index contributed by atoms with van der Waals surface area (Å²) in [6.07, 6.45) is 4.22. The summed E-state index contributed by atoms with van der Waals surface area (Å²) in [5, 5.41) is 12.2. The lowest BCUT2D eigenvalue weighted by Crippen LogP contribution is -2.46. The number of aryl methyl sites for hydroxylation is 2. The lowest BCUT2D eigenvalue weighted by molar-refractivity contribution is -0.143. The number of rotatable bonds is 2.